The van der Waals surface area contributed by atoms with Crippen LogP contribution in [0.4, 0.5) is 4.39 Å². The topological polar surface area (TPSA) is 64.2 Å². The Morgan fingerprint density at radius 3 is 2.62 bits per heavy atom. The lowest BCUT2D eigenvalue weighted by molar-refractivity contribution is -0.137. The van der Waals surface area contributed by atoms with Crippen LogP contribution in [0.15, 0.2) is 18.2 Å². The fourth-order valence-corrected chi connectivity index (χ4v) is 3.90. The molecule has 1 aliphatic rings. The third kappa shape index (κ3) is 2.82. The van der Waals surface area contributed by atoms with Gasteiger partial charge in [-0.3, -0.25) is 4.79 Å². The van der Waals surface area contributed by atoms with E-state index in [9.17, 15) is 9.18 Å². The van der Waals surface area contributed by atoms with Gasteiger partial charge in [-0.15, -0.1) is 0 Å². The number of nitrogens with zero attached hydrogens (tertiary/aromatic N) is 3. The standard InChI is InChI=1S/C20H27FN4O/c1-12(2)18-17(14-6-7-15(21)13(3)10-14)23-19-20(4,5)25(16(26)11-22)9-8-24(18)19/h6-7,10,12H,8-9,11,22H2,1-5H3. The summed E-state index contributed by atoms with van der Waals surface area (Å²) >= 11 is 0. The van der Waals surface area contributed by atoms with Gasteiger partial charge < -0.3 is 15.2 Å². The van der Waals surface area contributed by atoms with E-state index in [2.05, 4.69) is 18.4 Å². The van der Waals surface area contributed by atoms with Gasteiger partial charge in [0, 0.05) is 24.3 Å². The Morgan fingerprint density at radius 2 is 2.04 bits per heavy atom. The molecule has 26 heavy (non-hydrogen) atoms. The molecule has 140 valence electrons. The molecule has 0 saturated carbocycles. The molecule has 3 rings (SSSR count). The van der Waals surface area contributed by atoms with Crippen LogP contribution in [0.25, 0.3) is 11.3 Å². The summed E-state index contributed by atoms with van der Waals surface area (Å²) < 4.78 is 15.9. The highest BCUT2D eigenvalue weighted by Gasteiger charge is 2.41. The van der Waals surface area contributed by atoms with Crippen molar-refractivity contribution >= 4 is 5.91 Å². The maximum Gasteiger partial charge on any atom is 0.237 e. The summed E-state index contributed by atoms with van der Waals surface area (Å²) in [6.45, 7) is 11.3. The zero-order valence-electron chi connectivity index (χ0n) is 16.1. The summed E-state index contributed by atoms with van der Waals surface area (Å²) in [5.74, 6) is 0.814. The summed E-state index contributed by atoms with van der Waals surface area (Å²) in [5, 5.41) is 0. The minimum absolute atomic E-state index is 0.00874. The first-order chi connectivity index (χ1) is 12.2. The lowest BCUT2D eigenvalue weighted by Gasteiger charge is -2.42. The predicted octanol–water partition coefficient (Wildman–Crippen LogP) is 3.16. The Kier molecular flexibility index (Phi) is 4.65. The molecule has 1 aromatic carbocycles. The van der Waals surface area contributed by atoms with E-state index in [1.807, 2.05) is 19.9 Å². The van der Waals surface area contributed by atoms with E-state index in [4.69, 9.17) is 10.7 Å². The van der Waals surface area contributed by atoms with Crippen molar-refractivity contribution in [1.82, 2.24) is 14.5 Å². The number of aryl methyl sites for hydroxylation is 1. The molecular formula is C20H27FN4O. The number of aromatic nitrogens is 2. The highest BCUT2D eigenvalue weighted by molar-refractivity contribution is 5.79. The lowest BCUT2D eigenvalue weighted by atomic mass is 9.98. The van der Waals surface area contributed by atoms with Crippen molar-refractivity contribution in [1.29, 1.82) is 0 Å². The predicted molar refractivity (Wildman–Crippen MR) is 100 cm³/mol. The van der Waals surface area contributed by atoms with Crippen LogP contribution in [-0.2, 0) is 16.9 Å². The minimum Gasteiger partial charge on any atom is -0.327 e. The number of hydrogen-bond donors (Lipinski definition) is 1. The maximum atomic E-state index is 13.7. The van der Waals surface area contributed by atoms with E-state index < -0.39 is 5.54 Å². The Labute approximate surface area is 154 Å². The molecule has 2 N–H and O–H groups in total. The van der Waals surface area contributed by atoms with Crippen molar-refractivity contribution in [3.63, 3.8) is 0 Å². The Bertz CT molecular complexity index is 854. The molecule has 1 aromatic heterocycles. The van der Waals surface area contributed by atoms with Gasteiger partial charge in [0.05, 0.1) is 17.8 Å². The van der Waals surface area contributed by atoms with Crippen molar-refractivity contribution in [3.8, 4) is 11.3 Å². The molecule has 0 radical (unpaired) electrons. The molecule has 0 unspecified atom stereocenters. The van der Waals surface area contributed by atoms with E-state index in [0.717, 1.165) is 22.8 Å². The number of halogens is 1. The van der Waals surface area contributed by atoms with Gasteiger partial charge >= 0.3 is 0 Å². The summed E-state index contributed by atoms with van der Waals surface area (Å²) in [6, 6.07) is 5.10. The summed E-state index contributed by atoms with van der Waals surface area (Å²) in [6.07, 6.45) is 0. The number of fused-ring (bicyclic) bond motifs is 1. The van der Waals surface area contributed by atoms with Crippen molar-refractivity contribution in [2.24, 2.45) is 5.73 Å². The van der Waals surface area contributed by atoms with E-state index in [1.54, 1.807) is 17.9 Å². The van der Waals surface area contributed by atoms with Crippen molar-refractivity contribution in [2.45, 2.75) is 52.6 Å². The first kappa shape index (κ1) is 18.6. The van der Waals surface area contributed by atoms with Gasteiger partial charge in [0.15, 0.2) is 0 Å². The molecule has 2 heterocycles. The number of amides is 1. The van der Waals surface area contributed by atoms with Crippen LogP contribution in [0.1, 0.15) is 50.7 Å². The van der Waals surface area contributed by atoms with E-state index in [0.29, 0.717) is 18.7 Å². The molecule has 5 nitrogen and oxygen atoms in total. The van der Waals surface area contributed by atoms with E-state index in [1.165, 1.54) is 6.07 Å². The summed E-state index contributed by atoms with van der Waals surface area (Å²) in [4.78, 5) is 19.0. The molecular weight excluding hydrogens is 331 g/mol. The van der Waals surface area contributed by atoms with Crippen LogP contribution in [0.2, 0.25) is 0 Å². The van der Waals surface area contributed by atoms with Gasteiger partial charge in [0.1, 0.15) is 11.6 Å². The van der Waals surface area contributed by atoms with Crippen molar-refractivity contribution in [3.05, 3.63) is 41.1 Å². The highest BCUT2D eigenvalue weighted by atomic mass is 19.1. The largest absolute Gasteiger partial charge is 0.327 e. The van der Waals surface area contributed by atoms with Crippen LogP contribution < -0.4 is 5.73 Å². The molecule has 0 fully saturated rings. The summed E-state index contributed by atoms with van der Waals surface area (Å²) in [7, 11) is 0. The number of benzene rings is 1. The molecule has 1 aliphatic heterocycles. The molecule has 0 saturated heterocycles. The smallest absolute Gasteiger partial charge is 0.237 e. The zero-order chi connectivity index (χ0) is 19.2. The first-order valence-corrected chi connectivity index (χ1v) is 9.06. The normalized spacial score (nSPS) is 16.1. The third-order valence-corrected chi connectivity index (χ3v) is 5.23. The zero-order valence-corrected chi connectivity index (χ0v) is 16.1. The quantitative estimate of drug-likeness (QED) is 0.917. The number of carbonyl (C=O) groups is 1. The fourth-order valence-electron chi connectivity index (χ4n) is 3.90. The minimum atomic E-state index is -0.550. The highest BCUT2D eigenvalue weighted by Crippen LogP contribution is 2.38. The summed E-state index contributed by atoms with van der Waals surface area (Å²) in [5.41, 5.74) is 8.54. The number of imidazole rings is 1. The van der Waals surface area contributed by atoms with Crippen LogP contribution in [0.3, 0.4) is 0 Å². The van der Waals surface area contributed by atoms with Gasteiger partial charge in [0.2, 0.25) is 5.91 Å². The second-order valence-corrected chi connectivity index (χ2v) is 7.75. The maximum absolute atomic E-state index is 13.7. The van der Waals surface area contributed by atoms with Gasteiger partial charge in [0.25, 0.3) is 0 Å². The fraction of sp³-hybridized carbons (Fsp3) is 0.500. The number of carbonyl (C=O) groups excluding carboxylic acids is 1. The SMILES string of the molecule is Cc1cc(-c2nc3n(c2C(C)C)CCN(C(=O)CN)C3(C)C)ccc1F. The second kappa shape index (κ2) is 6.50. The van der Waals surface area contributed by atoms with Crippen molar-refractivity contribution in [2.75, 3.05) is 13.1 Å². The van der Waals surface area contributed by atoms with Crippen LogP contribution in [-0.4, -0.2) is 33.4 Å². The average Bonchev–Trinajstić information content (AvgIpc) is 2.98. The number of rotatable bonds is 3. The van der Waals surface area contributed by atoms with Crippen LogP contribution in [0.5, 0.6) is 0 Å². The number of nitrogens with two attached hydrogens (primary N) is 1. The van der Waals surface area contributed by atoms with E-state index in [-0.39, 0.29) is 24.2 Å². The lowest BCUT2D eigenvalue weighted by Crippen LogP contribution is -2.53. The number of hydrogen-bond acceptors (Lipinski definition) is 3. The monoisotopic (exact) mass is 358 g/mol. The Morgan fingerprint density at radius 1 is 1.35 bits per heavy atom. The van der Waals surface area contributed by atoms with E-state index >= 15 is 0 Å². The van der Waals surface area contributed by atoms with Gasteiger partial charge in [-0.2, -0.15) is 0 Å². The van der Waals surface area contributed by atoms with Crippen LogP contribution >= 0.6 is 0 Å². The van der Waals surface area contributed by atoms with Gasteiger partial charge in [-0.1, -0.05) is 13.8 Å². The van der Waals surface area contributed by atoms with Crippen LogP contribution in [0, 0.1) is 12.7 Å². The Balaban J connectivity index is 2.19. The molecule has 1 amide bonds. The molecule has 6 heteroatoms. The van der Waals surface area contributed by atoms with Gasteiger partial charge in [-0.05, 0) is 50.5 Å². The average molecular weight is 358 g/mol. The molecule has 0 atom stereocenters. The van der Waals surface area contributed by atoms with Gasteiger partial charge in [-0.25, -0.2) is 9.37 Å². The second-order valence-electron chi connectivity index (χ2n) is 7.75. The molecule has 0 bridgehead atoms. The molecule has 2 aromatic rings. The van der Waals surface area contributed by atoms with Crippen molar-refractivity contribution < 1.29 is 9.18 Å². The molecule has 0 aliphatic carbocycles. The molecule has 0 spiro atoms. The first-order valence-electron chi connectivity index (χ1n) is 9.06. The Hall–Kier alpha value is -2.21. The third-order valence-electron chi connectivity index (χ3n) is 5.23.